The van der Waals surface area contributed by atoms with Crippen LogP contribution in [0.15, 0.2) is 60.7 Å². The Balaban J connectivity index is 1.40. The van der Waals surface area contributed by atoms with Crippen molar-refractivity contribution in [3.63, 3.8) is 0 Å². The summed E-state index contributed by atoms with van der Waals surface area (Å²) in [5.74, 6) is -0.589. The Labute approximate surface area is 209 Å². The maximum Gasteiger partial charge on any atom is 0.328 e. The van der Waals surface area contributed by atoms with Crippen molar-refractivity contribution in [3.8, 4) is 0 Å². The molecule has 4 nitrogen and oxygen atoms in total. The summed E-state index contributed by atoms with van der Waals surface area (Å²) in [4.78, 5) is 27.0. The molecule has 0 heterocycles. The minimum absolute atomic E-state index is 0.106. The Morgan fingerprint density at radius 1 is 0.886 bits per heavy atom. The minimum Gasteiger partial charge on any atom is -0.478 e. The first-order valence-electron chi connectivity index (χ1n) is 13.4. The second-order valence-electron chi connectivity index (χ2n) is 11.2. The van der Waals surface area contributed by atoms with E-state index in [1.807, 2.05) is 24.3 Å². The number of fused-ring (bicyclic) bond motifs is 3. The fourth-order valence-corrected chi connectivity index (χ4v) is 6.89. The van der Waals surface area contributed by atoms with Crippen molar-refractivity contribution in [2.24, 2.45) is 11.3 Å². The van der Waals surface area contributed by atoms with Gasteiger partial charge in [-0.3, -0.25) is 4.79 Å². The van der Waals surface area contributed by atoms with Crippen molar-refractivity contribution in [2.75, 3.05) is 11.4 Å². The molecule has 2 aromatic carbocycles. The number of aliphatic carboxylic acids is 1. The van der Waals surface area contributed by atoms with Gasteiger partial charge in [0.15, 0.2) is 0 Å². The van der Waals surface area contributed by atoms with Crippen molar-refractivity contribution in [3.05, 3.63) is 71.8 Å². The van der Waals surface area contributed by atoms with E-state index < -0.39 is 5.97 Å². The molecule has 4 aliphatic rings. The van der Waals surface area contributed by atoms with Crippen LogP contribution >= 0.6 is 0 Å². The molecule has 6 rings (SSSR count). The smallest absolute Gasteiger partial charge is 0.328 e. The number of rotatable bonds is 7. The van der Waals surface area contributed by atoms with Crippen LogP contribution in [-0.2, 0) is 15.0 Å². The molecule has 0 aliphatic heterocycles. The molecule has 4 fully saturated rings. The molecule has 2 bridgehead atoms. The Kier molecular flexibility index (Phi) is 6.82. The molecule has 4 saturated carbocycles. The van der Waals surface area contributed by atoms with Gasteiger partial charge in [-0.15, -0.1) is 0 Å². The van der Waals surface area contributed by atoms with Crippen LogP contribution in [0.3, 0.4) is 0 Å². The normalized spacial score (nSPS) is 26.6. The van der Waals surface area contributed by atoms with Crippen molar-refractivity contribution < 1.29 is 14.7 Å². The summed E-state index contributed by atoms with van der Waals surface area (Å²) in [6, 6.07) is 18.9. The van der Waals surface area contributed by atoms with E-state index in [0.717, 1.165) is 68.8 Å². The number of carboxylic acids is 1. The Hall–Kier alpha value is -2.88. The van der Waals surface area contributed by atoms with Gasteiger partial charge in [-0.2, -0.15) is 0 Å². The lowest BCUT2D eigenvalue weighted by molar-refractivity contribution is -0.131. The third-order valence-corrected chi connectivity index (χ3v) is 9.10. The van der Waals surface area contributed by atoms with Gasteiger partial charge in [0.25, 0.3) is 0 Å². The number of carbonyl (C=O) groups excluding carboxylic acids is 1. The van der Waals surface area contributed by atoms with E-state index >= 15 is 0 Å². The average Bonchev–Trinajstić information content (AvgIpc) is 2.92. The number of hydrogen-bond acceptors (Lipinski definition) is 2. The van der Waals surface area contributed by atoms with Crippen LogP contribution in [0.1, 0.15) is 81.8 Å². The van der Waals surface area contributed by atoms with Gasteiger partial charge in [-0.05, 0) is 91.5 Å². The second-order valence-corrected chi connectivity index (χ2v) is 11.2. The Morgan fingerprint density at radius 2 is 1.57 bits per heavy atom. The van der Waals surface area contributed by atoms with Gasteiger partial charge >= 0.3 is 5.97 Å². The zero-order valence-corrected chi connectivity index (χ0v) is 20.6. The fraction of sp³-hybridized carbons (Fsp3) is 0.484. The molecule has 0 saturated heterocycles. The molecular weight excluding hydrogens is 434 g/mol. The molecule has 35 heavy (non-hydrogen) atoms. The second kappa shape index (κ2) is 10.0. The molecular formula is C31H37NO3. The fourth-order valence-electron chi connectivity index (χ4n) is 6.89. The lowest BCUT2D eigenvalue weighted by Gasteiger charge is -2.55. The lowest BCUT2D eigenvalue weighted by atomic mass is 9.51. The number of carboxylic acid groups (broad SMARTS) is 1. The van der Waals surface area contributed by atoms with E-state index in [1.54, 1.807) is 6.08 Å². The molecule has 184 valence electrons. The quantitative estimate of drug-likeness (QED) is 0.443. The van der Waals surface area contributed by atoms with Gasteiger partial charge in [0.1, 0.15) is 0 Å². The predicted octanol–water partition coefficient (Wildman–Crippen LogP) is 6.99. The first kappa shape index (κ1) is 23.8. The molecule has 0 unspecified atom stereocenters. The Bertz CT molecular complexity index is 1060. The predicted molar refractivity (Wildman–Crippen MR) is 140 cm³/mol. The van der Waals surface area contributed by atoms with Crippen LogP contribution in [0.25, 0.3) is 6.08 Å². The molecule has 0 radical (unpaired) electrons. The average molecular weight is 472 g/mol. The van der Waals surface area contributed by atoms with Crippen molar-refractivity contribution in [1.82, 2.24) is 0 Å². The molecule has 4 heteroatoms. The first-order valence-corrected chi connectivity index (χ1v) is 13.4. The first-order chi connectivity index (χ1) is 17.0. The molecule has 0 spiro atoms. The zero-order valence-electron chi connectivity index (χ0n) is 20.6. The van der Waals surface area contributed by atoms with Gasteiger partial charge in [0, 0.05) is 24.2 Å². The van der Waals surface area contributed by atoms with Gasteiger partial charge in [-0.1, -0.05) is 61.7 Å². The third kappa shape index (κ3) is 5.07. The summed E-state index contributed by atoms with van der Waals surface area (Å²) in [7, 11) is 0. The summed E-state index contributed by atoms with van der Waals surface area (Å²) in [5, 5.41) is 9.05. The monoisotopic (exact) mass is 471 g/mol. The van der Waals surface area contributed by atoms with Crippen LogP contribution in [0.4, 0.5) is 5.69 Å². The van der Waals surface area contributed by atoms with Crippen LogP contribution in [0.2, 0.25) is 0 Å². The molecule has 0 atom stereocenters. The highest BCUT2D eigenvalue weighted by atomic mass is 16.4. The van der Waals surface area contributed by atoms with Crippen molar-refractivity contribution in [2.45, 2.75) is 76.0 Å². The summed E-state index contributed by atoms with van der Waals surface area (Å²) in [6.07, 6.45) is 15.3. The largest absolute Gasteiger partial charge is 0.478 e. The zero-order chi connectivity index (χ0) is 24.3. The summed E-state index contributed by atoms with van der Waals surface area (Å²) in [5.41, 5.74) is 3.70. The van der Waals surface area contributed by atoms with E-state index in [1.165, 1.54) is 31.2 Å². The Morgan fingerprint density at radius 3 is 2.23 bits per heavy atom. The highest BCUT2D eigenvalue weighted by Crippen LogP contribution is 2.58. The molecule has 0 aromatic heterocycles. The number of hydrogen-bond donors (Lipinski definition) is 1. The third-order valence-electron chi connectivity index (χ3n) is 9.10. The van der Waals surface area contributed by atoms with Crippen molar-refractivity contribution in [1.29, 1.82) is 0 Å². The molecule has 2 aromatic rings. The van der Waals surface area contributed by atoms with Crippen LogP contribution in [0, 0.1) is 11.3 Å². The van der Waals surface area contributed by atoms with Gasteiger partial charge < -0.3 is 10.0 Å². The highest BCUT2D eigenvalue weighted by Gasteiger charge is 2.50. The van der Waals surface area contributed by atoms with E-state index in [9.17, 15) is 9.59 Å². The van der Waals surface area contributed by atoms with Gasteiger partial charge in [-0.25, -0.2) is 4.79 Å². The van der Waals surface area contributed by atoms with E-state index in [0.29, 0.717) is 5.41 Å². The summed E-state index contributed by atoms with van der Waals surface area (Å²) < 4.78 is 0. The SMILES string of the molecule is O=C(O)/C=C/c1cccc(N(CC23CCC(c4ccccc4)(CC2)CC3)C(=O)C2CCCCC2)c1. The van der Waals surface area contributed by atoms with Crippen LogP contribution in [-0.4, -0.2) is 23.5 Å². The van der Waals surface area contributed by atoms with Gasteiger partial charge in [0.05, 0.1) is 0 Å². The number of amides is 1. The minimum atomic E-state index is -0.962. The summed E-state index contributed by atoms with van der Waals surface area (Å²) >= 11 is 0. The number of benzene rings is 2. The standard InChI is InChI=1S/C31H37NO3/c33-28(34)15-14-24-8-7-13-27(22-24)32(29(35)25-9-3-1-4-10-25)23-30-16-19-31(20-17-30,21-18-30)26-11-5-2-6-12-26/h2,5-8,11-15,22,25H,1,3-4,9-10,16-21,23H2,(H,33,34)/b15-14+. The van der Waals surface area contributed by atoms with Crippen LogP contribution in [0.5, 0.6) is 0 Å². The molecule has 1 amide bonds. The number of nitrogens with zero attached hydrogens (tertiary/aromatic N) is 1. The number of anilines is 1. The van der Waals surface area contributed by atoms with E-state index in [2.05, 4.69) is 35.2 Å². The molecule has 1 N–H and O–H groups in total. The van der Waals surface area contributed by atoms with E-state index in [4.69, 9.17) is 5.11 Å². The van der Waals surface area contributed by atoms with E-state index in [-0.39, 0.29) is 17.2 Å². The van der Waals surface area contributed by atoms with Gasteiger partial charge in [0.2, 0.25) is 5.91 Å². The van der Waals surface area contributed by atoms with Crippen LogP contribution < -0.4 is 4.90 Å². The maximum atomic E-state index is 13.9. The number of carbonyl (C=O) groups is 2. The molecule has 4 aliphatic carbocycles. The topological polar surface area (TPSA) is 57.6 Å². The maximum absolute atomic E-state index is 13.9. The highest BCUT2D eigenvalue weighted by molar-refractivity contribution is 5.95. The lowest BCUT2D eigenvalue weighted by Crippen LogP contribution is -2.51. The summed E-state index contributed by atoms with van der Waals surface area (Å²) in [6.45, 7) is 0.777. The van der Waals surface area contributed by atoms with Crippen molar-refractivity contribution >= 4 is 23.6 Å².